The Hall–Kier alpha value is -2.61. The number of anilines is 2. The van der Waals surface area contributed by atoms with Gasteiger partial charge in [0.15, 0.2) is 17.5 Å². The van der Waals surface area contributed by atoms with Crippen LogP contribution in [0.5, 0.6) is 0 Å². The summed E-state index contributed by atoms with van der Waals surface area (Å²) in [4.78, 5) is 8.79. The summed E-state index contributed by atoms with van der Waals surface area (Å²) in [5.74, 6) is -4.04. The maximum absolute atomic E-state index is 14.1. The van der Waals surface area contributed by atoms with Gasteiger partial charge in [-0.25, -0.2) is 18.2 Å². The molecule has 1 aromatic heterocycles. The summed E-state index contributed by atoms with van der Waals surface area (Å²) < 4.78 is 41.2. The van der Waals surface area contributed by atoms with E-state index < -0.39 is 17.5 Å². The molecule has 0 saturated heterocycles. The predicted octanol–water partition coefficient (Wildman–Crippen LogP) is 4.23. The predicted molar refractivity (Wildman–Crippen MR) is 95.3 cm³/mol. The van der Waals surface area contributed by atoms with Crippen LogP contribution in [0.3, 0.4) is 0 Å². The number of halogens is 3. The molecule has 0 amide bonds. The van der Waals surface area contributed by atoms with Crippen LogP contribution in [0.25, 0.3) is 0 Å². The quantitative estimate of drug-likeness (QED) is 0.346. The Bertz CT molecular complexity index is 768. The van der Waals surface area contributed by atoms with Crippen molar-refractivity contribution in [2.45, 2.75) is 27.7 Å². The number of benzene rings is 1. The van der Waals surface area contributed by atoms with E-state index in [-0.39, 0.29) is 24.5 Å². The van der Waals surface area contributed by atoms with Gasteiger partial charge in [-0.2, -0.15) is 0 Å². The number of aromatic nitrogens is 1. The first-order chi connectivity index (χ1) is 12.4. The van der Waals surface area contributed by atoms with Crippen LogP contribution in [-0.2, 0) is 4.84 Å². The minimum atomic E-state index is -1.60. The average Bonchev–Trinajstić information content (AvgIpc) is 2.63. The number of hydrogen-bond acceptors (Lipinski definition) is 5. The second kappa shape index (κ2) is 10.4. The Morgan fingerprint density at radius 2 is 1.88 bits per heavy atom. The van der Waals surface area contributed by atoms with Crippen LogP contribution in [-0.4, -0.2) is 29.5 Å². The lowest BCUT2D eigenvalue weighted by molar-refractivity contribution is 0.0997. The number of oxime groups is 1. The molecule has 0 aliphatic rings. The average molecular weight is 369 g/mol. The molecule has 0 saturated carbocycles. The summed E-state index contributed by atoms with van der Waals surface area (Å²) in [5.41, 5.74) is 1.23. The number of aryl methyl sites for hydroxylation is 2. The van der Waals surface area contributed by atoms with Crippen molar-refractivity contribution >= 4 is 17.7 Å². The van der Waals surface area contributed by atoms with Crippen molar-refractivity contribution in [1.29, 1.82) is 0 Å². The van der Waals surface area contributed by atoms with Crippen LogP contribution >= 0.6 is 0 Å². The van der Waals surface area contributed by atoms with Gasteiger partial charge >= 0.3 is 0 Å². The Kier molecular flexibility index (Phi) is 8.57. The lowest BCUT2D eigenvalue weighted by Gasteiger charge is -2.13. The van der Waals surface area contributed by atoms with E-state index in [0.29, 0.717) is 11.4 Å². The maximum Gasteiger partial charge on any atom is 0.196 e. The zero-order chi connectivity index (χ0) is 19.7. The van der Waals surface area contributed by atoms with Crippen LogP contribution in [0, 0.1) is 31.3 Å². The van der Waals surface area contributed by atoms with E-state index in [1.165, 1.54) is 0 Å². The lowest BCUT2D eigenvalue weighted by Crippen LogP contribution is -2.06. The van der Waals surface area contributed by atoms with Gasteiger partial charge < -0.3 is 15.3 Å². The molecular weight excluding hydrogens is 347 g/mol. The van der Waals surface area contributed by atoms with Gasteiger partial charge in [0, 0.05) is 11.8 Å². The fourth-order valence-electron chi connectivity index (χ4n) is 1.99. The highest BCUT2D eigenvalue weighted by atomic mass is 19.2. The number of aliphatic hydroxyl groups excluding tert-OH is 1. The molecule has 1 aromatic carbocycles. The van der Waals surface area contributed by atoms with Gasteiger partial charge in [-0.15, -0.1) is 0 Å². The van der Waals surface area contributed by atoms with Gasteiger partial charge in [0.2, 0.25) is 0 Å². The number of aliphatic hydroxyl groups is 1. The van der Waals surface area contributed by atoms with Crippen molar-refractivity contribution in [3.05, 3.63) is 52.5 Å². The monoisotopic (exact) mass is 369 g/mol. The normalized spacial score (nSPS) is 10.5. The third-order valence-electron chi connectivity index (χ3n) is 3.10. The molecule has 8 heteroatoms. The highest BCUT2D eigenvalue weighted by Gasteiger charge is 2.19. The molecule has 0 unspecified atom stereocenters. The van der Waals surface area contributed by atoms with Crippen molar-refractivity contribution in [3.8, 4) is 0 Å². The van der Waals surface area contributed by atoms with Crippen LogP contribution in [0.2, 0.25) is 0 Å². The number of rotatable bonds is 6. The summed E-state index contributed by atoms with van der Waals surface area (Å²) in [6.45, 7) is 7.25. The number of hydrogen-bond donors (Lipinski definition) is 2. The van der Waals surface area contributed by atoms with Gasteiger partial charge in [-0.3, -0.25) is 0 Å². The largest absolute Gasteiger partial charge is 0.393 e. The van der Waals surface area contributed by atoms with E-state index in [1.807, 2.05) is 26.8 Å². The van der Waals surface area contributed by atoms with Gasteiger partial charge in [0.25, 0.3) is 0 Å². The van der Waals surface area contributed by atoms with Crippen molar-refractivity contribution < 1.29 is 23.1 Å². The summed E-state index contributed by atoms with van der Waals surface area (Å²) in [6, 6.07) is 2.60. The van der Waals surface area contributed by atoms with E-state index in [9.17, 15) is 13.2 Å². The summed E-state index contributed by atoms with van der Waals surface area (Å²) >= 11 is 0. The number of nitrogens with one attached hydrogen (secondary N) is 1. The topological polar surface area (TPSA) is 66.7 Å². The Labute approximate surface area is 150 Å². The smallest absolute Gasteiger partial charge is 0.196 e. The molecular formula is C18H22F3N3O2. The van der Waals surface area contributed by atoms with Crippen molar-refractivity contribution in [2.75, 3.05) is 18.5 Å². The minimum Gasteiger partial charge on any atom is -0.393 e. The van der Waals surface area contributed by atoms with Gasteiger partial charge in [0.1, 0.15) is 12.4 Å². The molecule has 0 radical (unpaired) electrons. The van der Waals surface area contributed by atoms with E-state index in [1.54, 1.807) is 13.1 Å². The fourth-order valence-corrected chi connectivity index (χ4v) is 1.99. The number of pyridine rings is 1. The molecule has 2 N–H and O–H groups in total. The van der Waals surface area contributed by atoms with Crippen LogP contribution in [0.4, 0.5) is 24.7 Å². The SMILES string of the molecule is CC.Cc1cnc(Nc2c(/C=N/OCCO)cc(F)c(F)c2F)c(C)c1. The van der Waals surface area contributed by atoms with E-state index in [2.05, 4.69) is 20.3 Å². The molecule has 0 aliphatic carbocycles. The summed E-state index contributed by atoms with van der Waals surface area (Å²) in [6.07, 6.45) is 2.58. The van der Waals surface area contributed by atoms with Gasteiger partial charge in [-0.05, 0) is 31.0 Å². The molecule has 2 aromatic rings. The Morgan fingerprint density at radius 3 is 2.50 bits per heavy atom. The van der Waals surface area contributed by atoms with Gasteiger partial charge in [0.05, 0.1) is 18.5 Å². The Balaban J connectivity index is 0.00000163. The standard InChI is InChI=1S/C16H16F3N3O2.C2H6/c1-9-5-10(2)16(20-7-9)22-15-11(8-21-24-4-3-23)6-12(17)13(18)14(15)19;1-2/h5-8,23H,3-4H2,1-2H3,(H,20,22);1-2H3/b21-8+;. The third kappa shape index (κ3) is 5.45. The molecule has 2 rings (SSSR count). The lowest BCUT2D eigenvalue weighted by atomic mass is 10.1. The van der Waals surface area contributed by atoms with E-state index >= 15 is 0 Å². The highest BCUT2D eigenvalue weighted by Crippen LogP contribution is 2.28. The van der Waals surface area contributed by atoms with E-state index in [4.69, 9.17) is 5.11 Å². The summed E-state index contributed by atoms with van der Waals surface area (Å²) in [5, 5.41) is 14.7. The van der Waals surface area contributed by atoms with Crippen LogP contribution in [0.1, 0.15) is 30.5 Å². The third-order valence-corrected chi connectivity index (χ3v) is 3.10. The maximum atomic E-state index is 14.1. The van der Waals surface area contributed by atoms with Gasteiger partial charge in [-0.1, -0.05) is 25.1 Å². The minimum absolute atomic E-state index is 0.0638. The molecule has 0 aliphatic heterocycles. The molecule has 0 atom stereocenters. The Morgan fingerprint density at radius 1 is 1.19 bits per heavy atom. The molecule has 5 nitrogen and oxygen atoms in total. The first kappa shape index (κ1) is 21.4. The molecule has 0 fully saturated rings. The first-order valence-electron chi connectivity index (χ1n) is 8.08. The van der Waals surface area contributed by atoms with Crippen LogP contribution in [0.15, 0.2) is 23.5 Å². The van der Waals surface area contributed by atoms with Crippen molar-refractivity contribution in [1.82, 2.24) is 4.98 Å². The second-order valence-corrected chi connectivity index (χ2v) is 5.05. The zero-order valence-corrected chi connectivity index (χ0v) is 15.1. The zero-order valence-electron chi connectivity index (χ0n) is 15.1. The molecule has 1 heterocycles. The van der Waals surface area contributed by atoms with Crippen molar-refractivity contribution in [2.24, 2.45) is 5.16 Å². The molecule has 142 valence electrons. The van der Waals surface area contributed by atoms with Crippen molar-refractivity contribution in [3.63, 3.8) is 0 Å². The molecule has 0 bridgehead atoms. The highest BCUT2D eigenvalue weighted by molar-refractivity contribution is 5.89. The van der Waals surface area contributed by atoms with Crippen LogP contribution < -0.4 is 5.32 Å². The second-order valence-electron chi connectivity index (χ2n) is 5.05. The van der Waals surface area contributed by atoms with E-state index in [0.717, 1.165) is 17.8 Å². The molecule has 0 spiro atoms. The fraction of sp³-hybridized carbons (Fsp3) is 0.333. The summed E-state index contributed by atoms with van der Waals surface area (Å²) in [7, 11) is 0. The number of nitrogens with zero attached hydrogens (tertiary/aromatic N) is 2. The first-order valence-corrected chi connectivity index (χ1v) is 8.08. The molecule has 26 heavy (non-hydrogen) atoms.